The number of hydrogen-bond donors (Lipinski definition) is 0. The Morgan fingerprint density at radius 2 is 1.87 bits per heavy atom. The van der Waals surface area contributed by atoms with E-state index in [1.807, 2.05) is 31.7 Å². The first-order chi connectivity index (χ1) is 14.7. The second-order valence-electron chi connectivity index (χ2n) is 7.42. The first-order valence-electron chi connectivity index (χ1n) is 10.7. The molecule has 5 rings (SSSR count). The van der Waals surface area contributed by atoms with E-state index in [0.717, 1.165) is 48.8 Å². The van der Waals surface area contributed by atoms with Crippen LogP contribution in [0.4, 0.5) is 5.69 Å². The molecule has 0 spiro atoms. The molecular formula is C23H29N5OS. The van der Waals surface area contributed by atoms with Crippen LogP contribution in [0.5, 0.6) is 0 Å². The maximum atomic E-state index is 5.66. The van der Waals surface area contributed by atoms with Crippen LogP contribution < -0.4 is 4.90 Å². The molecule has 2 aliphatic heterocycles. The standard InChI is InChI=1S/C21H23N5OS.C2H6/c1-14(15-4-5-19-17(12-15)25(2)13-28-19)26-10-6-16-18(7-11-26)27-24-20(16)21-22-8-3-9-23-21;1-2/h3-5,8-9,12,14H,6-7,10-11,13H2,1-2H3;1-2H3. The van der Waals surface area contributed by atoms with Crippen molar-refractivity contribution < 1.29 is 4.52 Å². The molecule has 0 N–H and O–H groups in total. The Labute approximate surface area is 182 Å². The fourth-order valence-corrected chi connectivity index (χ4v) is 5.05. The highest BCUT2D eigenvalue weighted by atomic mass is 32.2. The molecule has 0 radical (unpaired) electrons. The van der Waals surface area contributed by atoms with Gasteiger partial charge in [0.1, 0.15) is 5.76 Å². The molecule has 2 aliphatic rings. The lowest BCUT2D eigenvalue weighted by atomic mass is 10.1. The lowest BCUT2D eigenvalue weighted by Crippen LogP contribution is -2.29. The van der Waals surface area contributed by atoms with Crippen molar-refractivity contribution in [1.82, 2.24) is 20.0 Å². The highest BCUT2D eigenvalue weighted by Gasteiger charge is 2.27. The summed E-state index contributed by atoms with van der Waals surface area (Å²) in [5.41, 5.74) is 4.67. The van der Waals surface area contributed by atoms with Crippen LogP contribution in [-0.2, 0) is 12.8 Å². The van der Waals surface area contributed by atoms with E-state index in [2.05, 4.69) is 57.1 Å². The minimum absolute atomic E-state index is 0.359. The molecule has 7 heteroatoms. The second-order valence-corrected chi connectivity index (χ2v) is 8.40. The van der Waals surface area contributed by atoms with Gasteiger partial charge in [0.15, 0.2) is 11.5 Å². The molecule has 30 heavy (non-hydrogen) atoms. The summed E-state index contributed by atoms with van der Waals surface area (Å²) in [6.45, 7) is 8.23. The third-order valence-corrected chi connectivity index (χ3v) is 6.93. The fourth-order valence-electron chi connectivity index (χ4n) is 4.06. The molecule has 0 saturated carbocycles. The van der Waals surface area contributed by atoms with Crippen LogP contribution in [-0.4, -0.2) is 46.0 Å². The molecule has 1 unspecified atom stereocenters. The number of nitrogens with zero attached hydrogens (tertiary/aromatic N) is 5. The van der Waals surface area contributed by atoms with E-state index < -0.39 is 0 Å². The number of anilines is 1. The number of benzene rings is 1. The summed E-state index contributed by atoms with van der Waals surface area (Å²) in [5.74, 6) is 2.66. The van der Waals surface area contributed by atoms with Gasteiger partial charge >= 0.3 is 0 Å². The van der Waals surface area contributed by atoms with Crippen molar-refractivity contribution in [2.45, 2.75) is 44.6 Å². The Kier molecular flexibility index (Phi) is 6.39. The third-order valence-electron chi connectivity index (χ3n) is 5.76. The summed E-state index contributed by atoms with van der Waals surface area (Å²) in [5, 5.41) is 4.26. The van der Waals surface area contributed by atoms with E-state index >= 15 is 0 Å². The zero-order valence-electron chi connectivity index (χ0n) is 18.1. The van der Waals surface area contributed by atoms with Gasteiger partial charge < -0.3 is 9.42 Å². The Balaban J connectivity index is 0.00000106. The number of thioether (sulfide) groups is 1. The van der Waals surface area contributed by atoms with Gasteiger partial charge in [-0.1, -0.05) is 25.1 Å². The second kappa shape index (κ2) is 9.18. The van der Waals surface area contributed by atoms with Crippen molar-refractivity contribution in [2.75, 3.05) is 30.9 Å². The molecule has 6 nitrogen and oxygen atoms in total. The SMILES string of the molecule is CC.CC(c1ccc2c(c1)N(C)CS2)N1CCc2onc(-c3ncccn3)c2CC1. The molecule has 0 saturated heterocycles. The van der Waals surface area contributed by atoms with Crippen molar-refractivity contribution in [2.24, 2.45) is 0 Å². The molecule has 1 atom stereocenters. The molecule has 0 fully saturated rings. The van der Waals surface area contributed by atoms with Crippen LogP contribution >= 0.6 is 11.8 Å². The quantitative estimate of drug-likeness (QED) is 0.598. The van der Waals surface area contributed by atoms with Crippen molar-refractivity contribution in [3.8, 4) is 11.5 Å². The molecule has 0 bridgehead atoms. The molecule has 2 aromatic heterocycles. The van der Waals surface area contributed by atoms with Gasteiger partial charge in [0.05, 0.1) is 11.6 Å². The molecule has 3 aromatic rings. The van der Waals surface area contributed by atoms with Crippen LogP contribution in [0.15, 0.2) is 46.1 Å². The smallest absolute Gasteiger partial charge is 0.181 e. The van der Waals surface area contributed by atoms with Gasteiger partial charge in [-0.25, -0.2) is 9.97 Å². The highest BCUT2D eigenvalue weighted by Crippen LogP contribution is 2.39. The Hall–Kier alpha value is -2.38. The summed E-state index contributed by atoms with van der Waals surface area (Å²) < 4.78 is 5.66. The van der Waals surface area contributed by atoms with Gasteiger partial charge in [-0.3, -0.25) is 4.90 Å². The Bertz CT molecular complexity index is 991. The summed E-state index contributed by atoms with van der Waals surface area (Å²) >= 11 is 1.91. The minimum Gasteiger partial charge on any atom is -0.364 e. The predicted octanol–water partition coefficient (Wildman–Crippen LogP) is 4.82. The van der Waals surface area contributed by atoms with Crippen LogP contribution in [0.3, 0.4) is 0 Å². The van der Waals surface area contributed by atoms with Gasteiger partial charge in [-0.2, -0.15) is 0 Å². The lowest BCUT2D eigenvalue weighted by molar-refractivity contribution is 0.216. The van der Waals surface area contributed by atoms with E-state index in [1.54, 1.807) is 12.4 Å². The van der Waals surface area contributed by atoms with Gasteiger partial charge in [0.25, 0.3) is 0 Å². The molecule has 1 aromatic carbocycles. The predicted molar refractivity (Wildman–Crippen MR) is 122 cm³/mol. The van der Waals surface area contributed by atoms with Crippen LogP contribution in [0.2, 0.25) is 0 Å². The average Bonchev–Trinajstić information content (AvgIpc) is 3.31. The lowest BCUT2D eigenvalue weighted by Gasteiger charge is -2.28. The van der Waals surface area contributed by atoms with Crippen molar-refractivity contribution in [1.29, 1.82) is 0 Å². The number of fused-ring (bicyclic) bond motifs is 2. The molecular weight excluding hydrogens is 394 g/mol. The Morgan fingerprint density at radius 1 is 1.10 bits per heavy atom. The van der Waals surface area contributed by atoms with E-state index in [0.29, 0.717) is 11.9 Å². The van der Waals surface area contributed by atoms with Gasteiger partial charge in [-0.15, -0.1) is 11.8 Å². The molecule has 158 valence electrons. The molecule has 0 amide bonds. The van der Waals surface area contributed by atoms with Gasteiger partial charge in [0, 0.05) is 55.5 Å². The molecule has 0 aliphatic carbocycles. The number of rotatable bonds is 3. The van der Waals surface area contributed by atoms with E-state index in [1.165, 1.54) is 16.1 Å². The van der Waals surface area contributed by atoms with Gasteiger partial charge in [0.2, 0.25) is 0 Å². The first-order valence-corrected chi connectivity index (χ1v) is 11.7. The van der Waals surface area contributed by atoms with Gasteiger partial charge in [-0.05, 0) is 37.1 Å². The first kappa shape index (κ1) is 20.9. The highest BCUT2D eigenvalue weighted by molar-refractivity contribution is 7.99. The zero-order chi connectivity index (χ0) is 21.1. The monoisotopic (exact) mass is 423 g/mol. The van der Waals surface area contributed by atoms with Crippen LogP contribution in [0.1, 0.15) is 43.7 Å². The van der Waals surface area contributed by atoms with E-state index in [9.17, 15) is 0 Å². The van der Waals surface area contributed by atoms with Crippen molar-refractivity contribution in [3.63, 3.8) is 0 Å². The maximum Gasteiger partial charge on any atom is 0.181 e. The van der Waals surface area contributed by atoms with E-state index in [4.69, 9.17) is 4.52 Å². The van der Waals surface area contributed by atoms with Crippen LogP contribution in [0, 0.1) is 0 Å². The fraction of sp³-hybridized carbons (Fsp3) is 0.435. The third kappa shape index (κ3) is 3.96. The van der Waals surface area contributed by atoms with Crippen LogP contribution in [0.25, 0.3) is 11.5 Å². The summed E-state index contributed by atoms with van der Waals surface area (Å²) in [4.78, 5) is 14.9. The number of hydrogen-bond acceptors (Lipinski definition) is 7. The zero-order valence-corrected chi connectivity index (χ0v) is 18.9. The minimum atomic E-state index is 0.359. The summed E-state index contributed by atoms with van der Waals surface area (Å²) in [6.07, 6.45) is 5.26. The normalized spacial score (nSPS) is 16.9. The Morgan fingerprint density at radius 3 is 2.67 bits per heavy atom. The maximum absolute atomic E-state index is 5.66. The summed E-state index contributed by atoms with van der Waals surface area (Å²) in [7, 11) is 2.16. The summed E-state index contributed by atoms with van der Waals surface area (Å²) in [6, 6.07) is 9.08. The van der Waals surface area contributed by atoms with E-state index in [-0.39, 0.29) is 0 Å². The average molecular weight is 424 g/mol. The largest absolute Gasteiger partial charge is 0.364 e. The number of aromatic nitrogens is 3. The molecule has 4 heterocycles. The topological polar surface area (TPSA) is 58.3 Å². The van der Waals surface area contributed by atoms with Crippen molar-refractivity contribution >= 4 is 17.4 Å². The van der Waals surface area contributed by atoms with Crippen molar-refractivity contribution in [3.05, 3.63) is 53.5 Å².